The smallest absolute Gasteiger partial charge is 0.268 e. The van der Waals surface area contributed by atoms with Gasteiger partial charge >= 0.3 is 0 Å². The first-order valence-electron chi connectivity index (χ1n) is 7.14. The largest absolute Gasteiger partial charge is 0.495 e. The second-order valence-corrected chi connectivity index (χ2v) is 8.07. The van der Waals surface area contributed by atoms with Crippen molar-refractivity contribution in [1.82, 2.24) is 0 Å². The molecule has 1 aliphatic heterocycles. The maximum absolute atomic E-state index is 13.1. The molecule has 2 aromatic carbocycles. The Bertz CT molecular complexity index is 839. The van der Waals surface area contributed by atoms with Crippen molar-refractivity contribution < 1.29 is 13.2 Å². The molecule has 122 valence electrons. The lowest BCUT2D eigenvalue weighted by Gasteiger charge is -2.21. The molecule has 2 N–H and O–H groups in total. The highest BCUT2D eigenvalue weighted by atomic mass is 79.9. The molecule has 0 amide bonds. The molecule has 0 aliphatic carbocycles. The molecule has 0 saturated heterocycles. The highest BCUT2D eigenvalue weighted by Crippen LogP contribution is 2.40. The first-order valence-corrected chi connectivity index (χ1v) is 9.37. The van der Waals surface area contributed by atoms with E-state index in [-0.39, 0.29) is 10.8 Å². The molecule has 0 saturated carbocycles. The summed E-state index contributed by atoms with van der Waals surface area (Å²) in [4.78, 5) is 0.149. The molecular formula is C16H17BrN2O3S. The Balaban J connectivity index is 2.12. The number of nitrogens with zero attached hydrogens (tertiary/aromatic N) is 1. The summed E-state index contributed by atoms with van der Waals surface area (Å²) < 4.78 is 33.7. The van der Waals surface area contributed by atoms with Crippen molar-refractivity contribution in [2.45, 2.75) is 10.8 Å². The first kappa shape index (κ1) is 16.3. The fourth-order valence-corrected chi connectivity index (χ4v) is 4.87. The summed E-state index contributed by atoms with van der Waals surface area (Å²) in [6, 6.07) is 12.4. The molecule has 1 aliphatic rings. The molecule has 1 heterocycles. The number of para-hydroxylation sites is 1. The van der Waals surface area contributed by atoms with Crippen molar-refractivity contribution in [2.75, 3.05) is 24.5 Å². The summed E-state index contributed by atoms with van der Waals surface area (Å²) in [7, 11) is -2.26. The number of sulfonamides is 1. The quantitative estimate of drug-likeness (QED) is 0.861. The van der Waals surface area contributed by atoms with Gasteiger partial charge in [0.1, 0.15) is 10.6 Å². The molecule has 0 bridgehead atoms. The van der Waals surface area contributed by atoms with Crippen molar-refractivity contribution in [3.05, 3.63) is 52.5 Å². The normalized spacial score (nSPS) is 17.2. The summed E-state index contributed by atoms with van der Waals surface area (Å²) in [5.41, 5.74) is 7.47. The molecular weight excluding hydrogens is 380 g/mol. The van der Waals surface area contributed by atoms with Crippen LogP contribution in [-0.4, -0.2) is 28.6 Å². The lowest BCUT2D eigenvalue weighted by atomic mass is 10.0. The van der Waals surface area contributed by atoms with Crippen molar-refractivity contribution in [3.8, 4) is 5.75 Å². The van der Waals surface area contributed by atoms with E-state index in [1.165, 1.54) is 11.4 Å². The van der Waals surface area contributed by atoms with Crippen LogP contribution in [0.5, 0.6) is 5.75 Å². The van der Waals surface area contributed by atoms with E-state index in [4.69, 9.17) is 10.5 Å². The summed E-state index contributed by atoms with van der Waals surface area (Å²) >= 11 is 3.33. The second kappa shape index (κ2) is 6.14. The molecule has 0 spiro atoms. The lowest BCUT2D eigenvalue weighted by molar-refractivity contribution is 0.402. The van der Waals surface area contributed by atoms with E-state index in [2.05, 4.69) is 15.9 Å². The molecule has 23 heavy (non-hydrogen) atoms. The number of rotatable bonds is 4. The van der Waals surface area contributed by atoms with Crippen LogP contribution in [0.25, 0.3) is 0 Å². The highest BCUT2D eigenvalue weighted by molar-refractivity contribution is 9.10. The number of nitrogens with two attached hydrogens (primary N) is 1. The molecule has 7 heteroatoms. The van der Waals surface area contributed by atoms with Crippen molar-refractivity contribution in [1.29, 1.82) is 0 Å². The van der Waals surface area contributed by atoms with Crippen molar-refractivity contribution >= 4 is 31.6 Å². The van der Waals surface area contributed by atoms with Crippen LogP contribution in [0.4, 0.5) is 5.69 Å². The van der Waals surface area contributed by atoms with Gasteiger partial charge in [-0.1, -0.05) is 34.1 Å². The number of fused-ring (bicyclic) bond motifs is 1. The predicted octanol–water partition coefficient (Wildman–Crippen LogP) is 2.71. The Morgan fingerprint density at radius 1 is 1.30 bits per heavy atom. The van der Waals surface area contributed by atoms with Gasteiger partial charge in [0.25, 0.3) is 10.0 Å². The first-order chi connectivity index (χ1) is 11.0. The molecule has 0 fully saturated rings. The standard InChI is InChI=1S/C16H17BrN2O3S/c1-22-15-8-12(17)6-7-16(15)23(20,21)19-10-11(9-18)13-4-2-3-5-14(13)19/h2-8,11H,9-10,18H2,1H3. The van der Waals surface area contributed by atoms with E-state index < -0.39 is 10.0 Å². The number of hydrogen-bond acceptors (Lipinski definition) is 4. The zero-order chi connectivity index (χ0) is 16.6. The van der Waals surface area contributed by atoms with Gasteiger partial charge in [-0.05, 0) is 29.8 Å². The summed E-state index contributed by atoms with van der Waals surface area (Å²) in [6.07, 6.45) is 0. The Hall–Kier alpha value is -1.57. The molecule has 2 aromatic rings. The Morgan fingerprint density at radius 3 is 2.74 bits per heavy atom. The van der Waals surface area contributed by atoms with E-state index in [1.54, 1.807) is 18.2 Å². The van der Waals surface area contributed by atoms with E-state index in [0.717, 1.165) is 10.0 Å². The molecule has 5 nitrogen and oxygen atoms in total. The van der Waals surface area contributed by atoms with Crippen LogP contribution in [0.15, 0.2) is 51.8 Å². The fraction of sp³-hybridized carbons (Fsp3) is 0.250. The number of benzene rings is 2. The molecule has 3 rings (SSSR count). The van der Waals surface area contributed by atoms with Gasteiger partial charge < -0.3 is 10.5 Å². The van der Waals surface area contributed by atoms with Crippen LogP contribution >= 0.6 is 15.9 Å². The third-order valence-corrected chi connectivity index (χ3v) is 6.32. The summed E-state index contributed by atoms with van der Waals surface area (Å²) in [6.45, 7) is 0.748. The number of halogens is 1. The van der Waals surface area contributed by atoms with Gasteiger partial charge in [-0.15, -0.1) is 0 Å². The Kier molecular flexibility index (Phi) is 4.35. The Labute approximate surface area is 144 Å². The van der Waals surface area contributed by atoms with Crippen LogP contribution in [0, 0.1) is 0 Å². The zero-order valence-corrected chi connectivity index (χ0v) is 15.0. The van der Waals surface area contributed by atoms with Gasteiger partial charge in [0.2, 0.25) is 0 Å². The second-order valence-electron chi connectivity index (χ2n) is 5.32. The van der Waals surface area contributed by atoms with Crippen LogP contribution < -0.4 is 14.8 Å². The number of hydrogen-bond donors (Lipinski definition) is 1. The monoisotopic (exact) mass is 396 g/mol. The van der Waals surface area contributed by atoms with Gasteiger partial charge in [-0.2, -0.15) is 0 Å². The van der Waals surface area contributed by atoms with Gasteiger partial charge in [0.15, 0.2) is 0 Å². The van der Waals surface area contributed by atoms with Gasteiger partial charge in [0.05, 0.1) is 12.8 Å². The highest BCUT2D eigenvalue weighted by Gasteiger charge is 2.37. The maximum atomic E-state index is 13.1. The van der Waals surface area contributed by atoms with E-state index in [1.807, 2.05) is 24.3 Å². The van der Waals surface area contributed by atoms with Gasteiger partial charge in [-0.3, -0.25) is 4.31 Å². The number of ether oxygens (including phenoxy) is 1. The number of methoxy groups -OCH3 is 1. The third kappa shape index (κ3) is 2.73. The SMILES string of the molecule is COc1cc(Br)ccc1S(=O)(=O)N1CC(CN)c2ccccc21. The third-order valence-electron chi connectivity index (χ3n) is 4.01. The minimum absolute atomic E-state index is 0.00224. The van der Waals surface area contributed by atoms with E-state index in [0.29, 0.717) is 24.5 Å². The van der Waals surface area contributed by atoms with Crippen molar-refractivity contribution in [2.24, 2.45) is 5.73 Å². The minimum atomic E-state index is -3.72. The average molecular weight is 397 g/mol. The average Bonchev–Trinajstić information content (AvgIpc) is 2.94. The van der Waals surface area contributed by atoms with Gasteiger partial charge in [-0.25, -0.2) is 8.42 Å². The lowest BCUT2D eigenvalue weighted by Crippen LogP contribution is -2.31. The van der Waals surface area contributed by atoms with Crippen LogP contribution in [-0.2, 0) is 10.0 Å². The van der Waals surface area contributed by atoms with Gasteiger partial charge in [0, 0.05) is 23.5 Å². The molecule has 0 aromatic heterocycles. The number of anilines is 1. The molecule has 0 radical (unpaired) electrons. The summed E-state index contributed by atoms with van der Waals surface area (Å²) in [5.74, 6) is 0.315. The molecule has 1 unspecified atom stereocenters. The minimum Gasteiger partial charge on any atom is -0.495 e. The van der Waals surface area contributed by atoms with Crippen LogP contribution in [0.2, 0.25) is 0 Å². The maximum Gasteiger partial charge on any atom is 0.268 e. The molecule has 1 atom stereocenters. The van der Waals surface area contributed by atoms with E-state index in [9.17, 15) is 8.42 Å². The van der Waals surface area contributed by atoms with Crippen molar-refractivity contribution in [3.63, 3.8) is 0 Å². The Morgan fingerprint density at radius 2 is 2.04 bits per heavy atom. The fourth-order valence-electron chi connectivity index (χ4n) is 2.86. The van der Waals surface area contributed by atoms with Crippen LogP contribution in [0.1, 0.15) is 11.5 Å². The van der Waals surface area contributed by atoms with Crippen LogP contribution in [0.3, 0.4) is 0 Å². The van der Waals surface area contributed by atoms with E-state index >= 15 is 0 Å². The predicted molar refractivity (Wildman–Crippen MR) is 93.5 cm³/mol. The topological polar surface area (TPSA) is 72.6 Å². The zero-order valence-electron chi connectivity index (χ0n) is 12.6. The summed E-state index contributed by atoms with van der Waals surface area (Å²) in [5, 5.41) is 0.